The third-order valence-corrected chi connectivity index (χ3v) is 6.49. The molecule has 9 heteroatoms. The standard InChI is InChI=1S/C26H29N5O4/c1-4-6-11-35-21-8-7-17(12-22(21)33-3)23-20-14-31(25(32)34-5-2)10-9-18(20)19(13-27)24(30)26(23,15-28)16-29/h7-9,12,20,23H,4-6,10-11,14,30H2,1-3H3/t20-,23-/m1/s1. The van der Waals surface area contributed by atoms with Crippen LogP contribution >= 0.6 is 0 Å². The summed E-state index contributed by atoms with van der Waals surface area (Å²) in [6.07, 6.45) is 3.12. The molecule has 0 spiro atoms. The molecule has 3 rings (SSSR count). The number of carbonyl (C=O) groups is 1. The van der Waals surface area contributed by atoms with Crippen LogP contribution < -0.4 is 15.2 Å². The summed E-state index contributed by atoms with van der Waals surface area (Å²) >= 11 is 0. The molecular formula is C26H29N5O4. The number of methoxy groups -OCH3 is 1. The van der Waals surface area contributed by atoms with Crippen molar-refractivity contribution >= 4 is 6.09 Å². The van der Waals surface area contributed by atoms with E-state index in [0.29, 0.717) is 29.2 Å². The summed E-state index contributed by atoms with van der Waals surface area (Å²) in [5.41, 5.74) is 5.82. The molecule has 1 aliphatic heterocycles. The first-order valence-corrected chi connectivity index (χ1v) is 11.6. The lowest BCUT2D eigenvalue weighted by atomic mass is 9.58. The van der Waals surface area contributed by atoms with Crippen LogP contribution in [0.25, 0.3) is 0 Å². The van der Waals surface area contributed by atoms with Crippen molar-refractivity contribution in [1.82, 2.24) is 4.90 Å². The van der Waals surface area contributed by atoms with Crippen molar-refractivity contribution in [2.45, 2.75) is 32.6 Å². The van der Waals surface area contributed by atoms with Gasteiger partial charge in [0.15, 0.2) is 16.9 Å². The van der Waals surface area contributed by atoms with Gasteiger partial charge in [-0.2, -0.15) is 15.8 Å². The Morgan fingerprint density at radius 2 is 1.97 bits per heavy atom. The molecule has 182 valence electrons. The van der Waals surface area contributed by atoms with Gasteiger partial charge in [-0.25, -0.2) is 4.79 Å². The number of hydrogen-bond donors (Lipinski definition) is 1. The number of nitrogens with zero attached hydrogens (tertiary/aromatic N) is 4. The second-order valence-corrected chi connectivity index (χ2v) is 8.39. The number of nitriles is 3. The summed E-state index contributed by atoms with van der Waals surface area (Å²) in [6.45, 7) is 4.93. The Morgan fingerprint density at radius 3 is 2.57 bits per heavy atom. The van der Waals surface area contributed by atoms with Crippen LogP contribution in [0.5, 0.6) is 11.5 Å². The number of unbranched alkanes of at least 4 members (excludes halogenated alkanes) is 1. The van der Waals surface area contributed by atoms with E-state index in [4.69, 9.17) is 19.9 Å². The first-order chi connectivity index (χ1) is 16.9. The zero-order valence-electron chi connectivity index (χ0n) is 20.2. The number of nitrogens with two attached hydrogens (primary N) is 1. The minimum absolute atomic E-state index is 0.0793. The van der Waals surface area contributed by atoms with Gasteiger partial charge in [0, 0.05) is 24.9 Å². The number of benzene rings is 1. The maximum absolute atomic E-state index is 12.5. The normalized spacial score (nSPS) is 20.5. The van der Waals surface area contributed by atoms with Gasteiger partial charge in [-0.15, -0.1) is 0 Å². The Hall–Kier alpha value is -4.16. The summed E-state index contributed by atoms with van der Waals surface area (Å²) in [5.74, 6) is -0.294. The number of allylic oxidation sites excluding steroid dienone is 2. The minimum Gasteiger partial charge on any atom is -0.493 e. The Labute approximate surface area is 205 Å². The van der Waals surface area contributed by atoms with Crippen molar-refractivity contribution in [1.29, 1.82) is 15.8 Å². The smallest absolute Gasteiger partial charge is 0.410 e. The first-order valence-electron chi connectivity index (χ1n) is 11.6. The van der Waals surface area contributed by atoms with Crippen LogP contribution in [0, 0.1) is 45.3 Å². The summed E-state index contributed by atoms with van der Waals surface area (Å²) in [7, 11) is 1.52. The van der Waals surface area contributed by atoms with E-state index < -0.39 is 23.3 Å². The van der Waals surface area contributed by atoms with Crippen molar-refractivity contribution in [3.05, 3.63) is 46.7 Å². The van der Waals surface area contributed by atoms with Gasteiger partial charge in [0.2, 0.25) is 0 Å². The van der Waals surface area contributed by atoms with Crippen molar-refractivity contribution < 1.29 is 19.0 Å². The van der Waals surface area contributed by atoms with Gasteiger partial charge < -0.3 is 24.8 Å². The SMILES string of the molecule is CCCCOc1ccc([C@@H]2[C@@H]3CN(C(=O)OCC)CC=C3C(C#N)=C(N)C2(C#N)C#N)cc1OC. The highest BCUT2D eigenvalue weighted by Gasteiger charge is 2.55. The average molecular weight is 476 g/mol. The quantitative estimate of drug-likeness (QED) is 0.587. The third kappa shape index (κ3) is 4.48. The molecule has 9 nitrogen and oxygen atoms in total. The van der Waals surface area contributed by atoms with Crippen LogP contribution in [-0.4, -0.2) is 44.4 Å². The molecule has 0 aromatic heterocycles. The summed E-state index contributed by atoms with van der Waals surface area (Å²) < 4.78 is 16.6. The van der Waals surface area contributed by atoms with Gasteiger partial charge in [-0.1, -0.05) is 25.5 Å². The fourth-order valence-corrected chi connectivity index (χ4v) is 4.74. The fourth-order valence-electron chi connectivity index (χ4n) is 4.74. The monoisotopic (exact) mass is 475 g/mol. The fraction of sp³-hybridized carbons (Fsp3) is 0.462. The van der Waals surface area contributed by atoms with Gasteiger partial charge in [0.1, 0.15) is 6.07 Å². The van der Waals surface area contributed by atoms with E-state index in [1.807, 2.05) is 0 Å². The molecule has 2 atom stereocenters. The zero-order valence-corrected chi connectivity index (χ0v) is 20.2. The maximum Gasteiger partial charge on any atom is 0.410 e. The molecule has 1 heterocycles. The topological polar surface area (TPSA) is 145 Å². The highest BCUT2D eigenvalue weighted by atomic mass is 16.6. The number of hydrogen-bond acceptors (Lipinski definition) is 8. The van der Waals surface area contributed by atoms with Gasteiger partial charge >= 0.3 is 6.09 Å². The molecule has 1 aromatic carbocycles. The lowest BCUT2D eigenvalue weighted by molar-refractivity contribution is 0.0999. The van der Waals surface area contributed by atoms with Gasteiger partial charge in [0.25, 0.3) is 0 Å². The van der Waals surface area contributed by atoms with Gasteiger partial charge in [-0.05, 0) is 36.6 Å². The summed E-state index contributed by atoms with van der Waals surface area (Å²) in [6, 6.07) is 11.5. The molecule has 2 N–H and O–H groups in total. The van der Waals surface area contributed by atoms with Crippen LogP contribution in [0.3, 0.4) is 0 Å². The lowest BCUT2D eigenvalue weighted by Crippen LogP contribution is -2.49. The number of rotatable bonds is 7. The largest absolute Gasteiger partial charge is 0.493 e. The Balaban J connectivity index is 2.18. The average Bonchev–Trinajstić information content (AvgIpc) is 2.88. The maximum atomic E-state index is 12.5. The molecule has 2 aliphatic rings. The Morgan fingerprint density at radius 1 is 1.23 bits per heavy atom. The zero-order chi connectivity index (χ0) is 25.6. The van der Waals surface area contributed by atoms with E-state index in [2.05, 4.69) is 25.1 Å². The highest BCUT2D eigenvalue weighted by molar-refractivity contribution is 5.69. The minimum atomic E-state index is -1.82. The van der Waals surface area contributed by atoms with E-state index in [1.54, 1.807) is 31.2 Å². The number of fused-ring (bicyclic) bond motifs is 1. The molecule has 0 saturated carbocycles. The van der Waals surface area contributed by atoms with Crippen molar-refractivity contribution in [3.63, 3.8) is 0 Å². The molecule has 1 amide bonds. The second kappa shape index (κ2) is 10.8. The van der Waals surface area contributed by atoms with Crippen molar-refractivity contribution in [2.24, 2.45) is 17.1 Å². The van der Waals surface area contributed by atoms with E-state index in [9.17, 15) is 20.6 Å². The summed E-state index contributed by atoms with van der Waals surface area (Å²) in [4.78, 5) is 14.0. The Bertz CT molecular complexity index is 1150. The van der Waals surface area contributed by atoms with Crippen LogP contribution in [0.4, 0.5) is 4.79 Å². The van der Waals surface area contributed by atoms with Gasteiger partial charge in [0.05, 0.1) is 43.7 Å². The third-order valence-electron chi connectivity index (χ3n) is 6.49. The van der Waals surface area contributed by atoms with Crippen LogP contribution in [-0.2, 0) is 4.74 Å². The van der Waals surface area contributed by atoms with Crippen molar-refractivity contribution in [2.75, 3.05) is 33.4 Å². The predicted molar refractivity (Wildman–Crippen MR) is 127 cm³/mol. The van der Waals surface area contributed by atoms with E-state index in [1.165, 1.54) is 12.0 Å². The first kappa shape index (κ1) is 25.5. The molecule has 1 aliphatic carbocycles. The number of carbonyl (C=O) groups excluding carboxylic acids is 1. The number of amides is 1. The molecule has 1 aromatic rings. The van der Waals surface area contributed by atoms with E-state index in [-0.39, 0.29) is 31.0 Å². The Kier molecular flexibility index (Phi) is 7.89. The molecule has 0 bridgehead atoms. The van der Waals surface area contributed by atoms with Crippen molar-refractivity contribution in [3.8, 4) is 29.7 Å². The van der Waals surface area contributed by atoms with Crippen LogP contribution in [0.15, 0.2) is 41.1 Å². The molecule has 35 heavy (non-hydrogen) atoms. The molecule has 0 radical (unpaired) electrons. The molecule has 0 unspecified atom stereocenters. The van der Waals surface area contributed by atoms with E-state index in [0.717, 1.165) is 12.8 Å². The molecule has 0 fully saturated rings. The van der Waals surface area contributed by atoms with Crippen LogP contribution in [0.2, 0.25) is 0 Å². The molecular weight excluding hydrogens is 446 g/mol. The van der Waals surface area contributed by atoms with E-state index >= 15 is 0 Å². The second-order valence-electron chi connectivity index (χ2n) is 8.39. The van der Waals surface area contributed by atoms with Gasteiger partial charge in [-0.3, -0.25) is 0 Å². The molecule has 0 saturated heterocycles. The number of ether oxygens (including phenoxy) is 3. The predicted octanol–water partition coefficient (Wildman–Crippen LogP) is 3.76. The lowest BCUT2D eigenvalue weighted by Gasteiger charge is -2.45. The summed E-state index contributed by atoms with van der Waals surface area (Å²) in [5, 5.41) is 30.4. The highest BCUT2D eigenvalue weighted by Crippen LogP contribution is 2.54. The van der Waals surface area contributed by atoms with Crippen LogP contribution in [0.1, 0.15) is 38.2 Å².